The third-order valence-corrected chi connectivity index (χ3v) is 3.12. The third-order valence-electron chi connectivity index (χ3n) is 2.89. The van der Waals surface area contributed by atoms with E-state index in [0.29, 0.717) is 36.2 Å². The molecule has 1 N–H and O–H groups in total. The monoisotopic (exact) mass is 298 g/mol. The van der Waals surface area contributed by atoms with Gasteiger partial charge in [-0.15, -0.1) is 0 Å². The number of nitrogens with one attached hydrogen (secondary N) is 1. The van der Waals surface area contributed by atoms with Gasteiger partial charge in [-0.2, -0.15) is 0 Å². The van der Waals surface area contributed by atoms with Gasteiger partial charge >= 0.3 is 6.09 Å². The minimum absolute atomic E-state index is 0.185. The molecular formula is C13H15ClN2O4. The Balaban J connectivity index is 1.91. The van der Waals surface area contributed by atoms with Crippen molar-refractivity contribution < 1.29 is 19.1 Å². The lowest BCUT2D eigenvalue weighted by Crippen LogP contribution is -2.28. The lowest BCUT2D eigenvalue weighted by atomic mass is 10.2. The first kappa shape index (κ1) is 14.5. The molecule has 0 aliphatic carbocycles. The van der Waals surface area contributed by atoms with Crippen molar-refractivity contribution in [1.29, 1.82) is 0 Å². The topological polar surface area (TPSA) is 67.9 Å². The number of hydrogen-bond donors (Lipinski definition) is 1. The van der Waals surface area contributed by atoms with Crippen molar-refractivity contribution in [1.82, 2.24) is 4.90 Å². The molecular weight excluding hydrogens is 284 g/mol. The van der Waals surface area contributed by atoms with Crippen LogP contribution in [0.4, 0.5) is 10.5 Å². The fourth-order valence-electron chi connectivity index (χ4n) is 1.86. The molecule has 0 unspecified atom stereocenters. The summed E-state index contributed by atoms with van der Waals surface area (Å²) in [6, 6.07) is 4.97. The van der Waals surface area contributed by atoms with Crippen molar-refractivity contribution in [2.75, 3.05) is 32.1 Å². The predicted octanol–water partition coefficient (Wildman–Crippen LogP) is 2.13. The number of benzene rings is 1. The zero-order chi connectivity index (χ0) is 14.5. The van der Waals surface area contributed by atoms with Crippen LogP contribution < -0.4 is 10.1 Å². The third kappa shape index (κ3) is 3.54. The molecule has 2 rings (SSSR count). The van der Waals surface area contributed by atoms with Gasteiger partial charge in [0, 0.05) is 18.0 Å². The Kier molecular flexibility index (Phi) is 4.68. The number of halogens is 1. The van der Waals surface area contributed by atoms with E-state index in [1.807, 2.05) is 0 Å². The largest absolute Gasteiger partial charge is 0.495 e. The van der Waals surface area contributed by atoms with Crippen LogP contribution in [0.25, 0.3) is 0 Å². The molecule has 1 aliphatic heterocycles. The van der Waals surface area contributed by atoms with Crippen LogP contribution in [0.2, 0.25) is 5.02 Å². The average Bonchev–Trinajstić information content (AvgIpc) is 2.82. The molecule has 0 aromatic heterocycles. The van der Waals surface area contributed by atoms with Gasteiger partial charge in [0.1, 0.15) is 12.4 Å². The lowest BCUT2D eigenvalue weighted by Gasteiger charge is -2.13. The molecule has 1 heterocycles. The molecule has 1 aromatic carbocycles. The lowest BCUT2D eigenvalue weighted by molar-refractivity contribution is -0.116. The van der Waals surface area contributed by atoms with E-state index in [2.05, 4.69) is 5.32 Å². The van der Waals surface area contributed by atoms with E-state index >= 15 is 0 Å². The van der Waals surface area contributed by atoms with Crippen LogP contribution >= 0.6 is 11.6 Å². The first-order valence-electron chi connectivity index (χ1n) is 6.15. The fraction of sp³-hybridized carbons (Fsp3) is 0.385. The summed E-state index contributed by atoms with van der Waals surface area (Å²) in [5, 5.41) is 3.22. The van der Waals surface area contributed by atoms with Crippen LogP contribution in [0.3, 0.4) is 0 Å². The number of amides is 2. The van der Waals surface area contributed by atoms with Crippen molar-refractivity contribution >= 4 is 29.3 Å². The number of methoxy groups -OCH3 is 1. The van der Waals surface area contributed by atoms with Crippen LogP contribution in [-0.2, 0) is 9.53 Å². The molecule has 0 spiro atoms. The van der Waals surface area contributed by atoms with Crippen molar-refractivity contribution in [3.8, 4) is 5.75 Å². The van der Waals surface area contributed by atoms with E-state index < -0.39 is 0 Å². The predicted molar refractivity (Wildman–Crippen MR) is 74.2 cm³/mol. The molecule has 1 saturated heterocycles. The van der Waals surface area contributed by atoms with Crippen molar-refractivity contribution in [2.24, 2.45) is 0 Å². The number of rotatable bonds is 5. The summed E-state index contributed by atoms with van der Waals surface area (Å²) in [7, 11) is 1.51. The Morgan fingerprint density at radius 2 is 2.35 bits per heavy atom. The molecule has 20 heavy (non-hydrogen) atoms. The second-order valence-electron chi connectivity index (χ2n) is 4.24. The van der Waals surface area contributed by atoms with Gasteiger partial charge in [0.15, 0.2) is 0 Å². The molecule has 0 atom stereocenters. The molecule has 7 heteroatoms. The van der Waals surface area contributed by atoms with E-state index in [-0.39, 0.29) is 18.4 Å². The van der Waals surface area contributed by atoms with Crippen molar-refractivity contribution in [3.63, 3.8) is 0 Å². The number of hydrogen-bond acceptors (Lipinski definition) is 4. The van der Waals surface area contributed by atoms with Gasteiger partial charge in [0.2, 0.25) is 5.91 Å². The number of ether oxygens (including phenoxy) is 2. The highest BCUT2D eigenvalue weighted by Gasteiger charge is 2.22. The number of nitrogens with zero attached hydrogens (tertiary/aromatic N) is 1. The highest BCUT2D eigenvalue weighted by atomic mass is 35.5. The van der Waals surface area contributed by atoms with Crippen LogP contribution in [0.5, 0.6) is 5.75 Å². The fourth-order valence-corrected chi connectivity index (χ4v) is 2.03. The zero-order valence-corrected chi connectivity index (χ0v) is 11.8. The highest BCUT2D eigenvalue weighted by molar-refractivity contribution is 6.31. The standard InChI is InChI=1S/C13H15ClN2O4/c1-19-11-3-2-9(14)8-10(11)15-12(17)4-5-16-6-7-20-13(16)18/h2-3,8H,4-7H2,1H3,(H,15,17). The van der Waals surface area contributed by atoms with Gasteiger partial charge in [-0.3, -0.25) is 4.79 Å². The van der Waals surface area contributed by atoms with Crippen molar-refractivity contribution in [3.05, 3.63) is 23.2 Å². The zero-order valence-electron chi connectivity index (χ0n) is 11.0. The van der Waals surface area contributed by atoms with Crippen LogP contribution in [0, 0.1) is 0 Å². The Hall–Kier alpha value is -1.95. The van der Waals surface area contributed by atoms with Crippen LogP contribution in [0.15, 0.2) is 18.2 Å². The smallest absolute Gasteiger partial charge is 0.409 e. The molecule has 0 bridgehead atoms. The number of carbonyl (C=O) groups excluding carboxylic acids is 2. The minimum atomic E-state index is -0.377. The molecule has 1 fully saturated rings. The second-order valence-corrected chi connectivity index (χ2v) is 4.68. The van der Waals surface area contributed by atoms with E-state index in [0.717, 1.165) is 0 Å². The number of anilines is 1. The van der Waals surface area contributed by atoms with Gasteiger partial charge in [0.25, 0.3) is 0 Å². The van der Waals surface area contributed by atoms with Gasteiger partial charge < -0.3 is 19.7 Å². The van der Waals surface area contributed by atoms with Gasteiger partial charge in [-0.25, -0.2) is 4.79 Å². The summed E-state index contributed by atoms with van der Waals surface area (Å²) in [6.45, 7) is 1.22. The van der Waals surface area contributed by atoms with Gasteiger partial charge in [-0.05, 0) is 18.2 Å². The Morgan fingerprint density at radius 1 is 1.55 bits per heavy atom. The summed E-state index contributed by atoms with van der Waals surface area (Å²) < 4.78 is 9.92. The molecule has 108 valence electrons. The Labute approximate surface area is 121 Å². The number of carbonyl (C=O) groups is 2. The maximum atomic E-state index is 11.9. The summed E-state index contributed by atoms with van der Waals surface area (Å²) >= 11 is 5.88. The molecule has 1 aromatic rings. The quantitative estimate of drug-likeness (QED) is 0.904. The molecule has 1 aliphatic rings. The minimum Gasteiger partial charge on any atom is -0.495 e. The van der Waals surface area contributed by atoms with E-state index in [1.54, 1.807) is 18.2 Å². The number of cyclic esters (lactones) is 1. The average molecular weight is 299 g/mol. The first-order valence-corrected chi connectivity index (χ1v) is 6.53. The van der Waals surface area contributed by atoms with Gasteiger partial charge in [0.05, 0.1) is 19.3 Å². The normalized spacial score (nSPS) is 14.1. The van der Waals surface area contributed by atoms with Gasteiger partial charge in [-0.1, -0.05) is 11.6 Å². The summed E-state index contributed by atoms with van der Waals surface area (Å²) in [5.74, 6) is 0.314. The highest BCUT2D eigenvalue weighted by Crippen LogP contribution is 2.27. The second kappa shape index (κ2) is 6.47. The van der Waals surface area contributed by atoms with Crippen LogP contribution in [0.1, 0.15) is 6.42 Å². The molecule has 0 radical (unpaired) electrons. The summed E-state index contributed by atoms with van der Waals surface area (Å²) in [5.41, 5.74) is 0.508. The molecule has 2 amide bonds. The Morgan fingerprint density at radius 3 is 3.00 bits per heavy atom. The molecule has 6 nitrogen and oxygen atoms in total. The van der Waals surface area contributed by atoms with E-state index in [9.17, 15) is 9.59 Å². The Bertz CT molecular complexity index is 521. The SMILES string of the molecule is COc1ccc(Cl)cc1NC(=O)CCN1CCOC1=O. The van der Waals surface area contributed by atoms with E-state index in [4.69, 9.17) is 21.1 Å². The van der Waals surface area contributed by atoms with Crippen LogP contribution in [-0.4, -0.2) is 43.7 Å². The summed E-state index contributed by atoms with van der Waals surface area (Å²) in [4.78, 5) is 24.6. The summed E-state index contributed by atoms with van der Waals surface area (Å²) in [6.07, 6.45) is -0.191. The van der Waals surface area contributed by atoms with Crippen molar-refractivity contribution in [2.45, 2.75) is 6.42 Å². The first-order chi connectivity index (χ1) is 9.60. The maximum absolute atomic E-state index is 11.9. The molecule has 0 saturated carbocycles. The maximum Gasteiger partial charge on any atom is 0.409 e. The van der Waals surface area contributed by atoms with E-state index in [1.165, 1.54) is 12.0 Å².